The van der Waals surface area contributed by atoms with Gasteiger partial charge in [0.25, 0.3) is 0 Å². The third-order valence-electron chi connectivity index (χ3n) is 1.84. The topological polar surface area (TPSA) is 58.9 Å². The minimum Gasteiger partial charge on any atom is -0.393 e. The van der Waals surface area contributed by atoms with Gasteiger partial charge in [-0.3, -0.25) is 0 Å². The third-order valence-corrected chi connectivity index (χ3v) is 1.84. The number of aliphatic hydroxyl groups excluding tert-OH is 2. The van der Waals surface area contributed by atoms with Crippen LogP contribution in [0.1, 0.15) is 13.8 Å². The Labute approximate surface area is 94.2 Å². The third kappa shape index (κ3) is 7.92. The second-order valence-electron chi connectivity index (χ2n) is 4.25. The van der Waals surface area contributed by atoms with Gasteiger partial charge in [0.05, 0.1) is 39.6 Å². The smallest absolute Gasteiger partial charge is 0.154 e. The number of rotatable bonds is 9. The van der Waals surface area contributed by atoms with Crippen molar-refractivity contribution in [1.82, 2.24) is 0 Å². The van der Waals surface area contributed by atoms with E-state index in [1.807, 2.05) is 0 Å². The van der Waals surface area contributed by atoms with E-state index in [0.717, 1.165) is 0 Å². The van der Waals surface area contributed by atoms with Crippen molar-refractivity contribution in [3.8, 4) is 0 Å². The number of aliphatic hydroxyl groups is 2. The van der Waals surface area contributed by atoms with Crippen LogP contribution in [0.3, 0.4) is 0 Å². The number of hydrogen-bond donors (Lipinski definition) is 2. The molecule has 0 aromatic heterocycles. The van der Waals surface area contributed by atoms with Gasteiger partial charge in [0.1, 0.15) is 0 Å². The molecule has 98 valence electrons. The van der Waals surface area contributed by atoms with Gasteiger partial charge in [-0.15, -0.1) is 0 Å². The number of halogens is 2. The first-order valence-electron chi connectivity index (χ1n) is 5.08. The fourth-order valence-corrected chi connectivity index (χ4v) is 0.779. The molecular formula is C10H20F2O4. The predicted molar refractivity (Wildman–Crippen MR) is 54.8 cm³/mol. The van der Waals surface area contributed by atoms with E-state index in [1.165, 1.54) is 13.8 Å². The van der Waals surface area contributed by atoms with Gasteiger partial charge in [-0.05, 0) is 13.8 Å². The Balaban J connectivity index is 3.42. The molecule has 0 aliphatic rings. The van der Waals surface area contributed by atoms with Crippen molar-refractivity contribution in [1.29, 1.82) is 0 Å². The molecule has 16 heavy (non-hydrogen) atoms. The molecule has 0 rings (SSSR count). The fraction of sp³-hybridized carbons (Fsp3) is 1.00. The van der Waals surface area contributed by atoms with E-state index in [2.05, 4.69) is 0 Å². The van der Waals surface area contributed by atoms with Crippen molar-refractivity contribution >= 4 is 0 Å². The standard InChI is InChI=1S/C10H20F2O4/c1-9(11,5-13)7-15-3-4-16-8-10(2,12)6-14/h13-14H,3-8H2,1-2H3. The maximum Gasteiger partial charge on any atom is 0.154 e. The Morgan fingerprint density at radius 3 is 1.44 bits per heavy atom. The first kappa shape index (κ1) is 15.7. The highest BCUT2D eigenvalue weighted by Crippen LogP contribution is 2.10. The maximum atomic E-state index is 13.1. The zero-order chi connectivity index (χ0) is 12.7. The molecule has 2 unspecified atom stereocenters. The quantitative estimate of drug-likeness (QED) is 0.577. The van der Waals surface area contributed by atoms with Crippen molar-refractivity contribution in [3.63, 3.8) is 0 Å². The molecule has 4 nitrogen and oxygen atoms in total. The molecule has 0 amide bonds. The lowest BCUT2D eigenvalue weighted by atomic mass is 10.2. The maximum absolute atomic E-state index is 13.1. The van der Waals surface area contributed by atoms with E-state index in [1.54, 1.807) is 0 Å². The number of ether oxygens (including phenoxy) is 2. The minimum absolute atomic E-state index is 0.112. The summed E-state index contributed by atoms with van der Waals surface area (Å²) in [6.07, 6.45) is 0. The molecule has 0 heterocycles. The van der Waals surface area contributed by atoms with Crippen LogP contribution in [0.4, 0.5) is 8.78 Å². The number of alkyl halides is 2. The molecule has 0 saturated heterocycles. The van der Waals surface area contributed by atoms with Crippen molar-refractivity contribution in [3.05, 3.63) is 0 Å². The van der Waals surface area contributed by atoms with Crippen molar-refractivity contribution < 1.29 is 28.5 Å². The van der Waals surface area contributed by atoms with Gasteiger partial charge in [0.15, 0.2) is 11.3 Å². The largest absolute Gasteiger partial charge is 0.393 e. The van der Waals surface area contributed by atoms with Crippen LogP contribution in [0.25, 0.3) is 0 Å². The molecule has 0 fully saturated rings. The van der Waals surface area contributed by atoms with E-state index < -0.39 is 24.6 Å². The highest BCUT2D eigenvalue weighted by molar-refractivity contribution is 4.71. The Bertz CT molecular complexity index is 166. The summed E-state index contributed by atoms with van der Waals surface area (Å²) >= 11 is 0. The summed E-state index contributed by atoms with van der Waals surface area (Å²) in [5.74, 6) is 0. The second-order valence-corrected chi connectivity index (χ2v) is 4.25. The molecule has 6 heteroatoms. The fourth-order valence-electron chi connectivity index (χ4n) is 0.779. The van der Waals surface area contributed by atoms with Crippen LogP contribution in [0.15, 0.2) is 0 Å². The van der Waals surface area contributed by atoms with E-state index in [-0.39, 0.29) is 26.4 Å². The van der Waals surface area contributed by atoms with Gasteiger partial charge in [0.2, 0.25) is 0 Å². The summed E-state index contributed by atoms with van der Waals surface area (Å²) in [4.78, 5) is 0. The van der Waals surface area contributed by atoms with Gasteiger partial charge < -0.3 is 19.7 Å². The molecular weight excluding hydrogens is 222 g/mol. The number of hydrogen-bond acceptors (Lipinski definition) is 4. The van der Waals surface area contributed by atoms with Gasteiger partial charge in [-0.2, -0.15) is 0 Å². The van der Waals surface area contributed by atoms with Crippen LogP contribution in [-0.4, -0.2) is 61.2 Å². The lowest BCUT2D eigenvalue weighted by Gasteiger charge is -2.19. The normalized spacial score (nSPS) is 19.1. The minimum atomic E-state index is -1.76. The van der Waals surface area contributed by atoms with Crippen LogP contribution in [-0.2, 0) is 9.47 Å². The van der Waals surface area contributed by atoms with E-state index in [0.29, 0.717) is 0 Å². The first-order valence-corrected chi connectivity index (χ1v) is 5.08. The molecule has 0 radical (unpaired) electrons. The molecule has 2 atom stereocenters. The Hall–Kier alpha value is -0.300. The molecule has 0 aromatic carbocycles. The Kier molecular flexibility index (Phi) is 6.98. The van der Waals surface area contributed by atoms with Crippen molar-refractivity contribution in [2.24, 2.45) is 0 Å². The van der Waals surface area contributed by atoms with Crippen LogP contribution in [0, 0.1) is 0 Å². The Morgan fingerprint density at radius 2 is 1.19 bits per heavy atom. The van der Waals surface area contributed by atoms with E-state index >= 15 is 0 Å². The first-order chi connectivity index (χ1) is 7.33. The van der Waals surface area contributed by atoms with E-state index in [9.17, 15) is 8.78 Å². The second kappa shape index (κ2) is 7.11. The molecule has 0 aliphatic carbocycles. The average Bonchev–Trinajstić information content (AvgIpc) is 2.23. The molecule has 0 aliphatic heterocycles. The summed E-state index contributed by atoms with van der Waals surface area (Å²) in [5, 5.41) is 17.1. The molecule has 0 aromatic rings. The summed E-state index contributed by atoms with van der Waals surface area (Å²) < 4.78 is 35.9. The Morgan fingerprint density at radius 1 is 0.875 bits per heavy atom. The predicted octanol–water partition coefficient (Wildman–Crippen LogP) is 0.461. The zero-order valence-electron chi connectivity index (χ0n) is 9.71. The van der Waals surface area contributed by atoms with Gasteiger partial charge in [-0.1, -0.05) is 0 Å². The van der Waals surface area contributed by atoms with Crippen molar-refractivity contribution in [2.45, 2.75) is 25.2 Å². The summed E-state index contributed by atoms with van der Waals surface area (Å²) in [7, 11) is 0. The van der Waals surface area contributed by atoms with Crippen LogP contribution >= 0.6 is 0 Å². The van der Waals surface area contributed by atoms with Gasteiger partial charge in [0, 0.05) is 0 Å². The zero-order valence-corrected chi connectivity index (χ0v) is 9.71. The highest BCUT2D eigenvalue weighted by Gasteiger charge is 2.23. The SMILES string of the molecule is CC(F)(CO)COCCOCC(C)(F)CO. The monoisotopic (exact) mass is 242 g/mol. The van der Waals surface area contributed by atoms with Crippen molar-refractivity contribution in [2.75, 3.05) is 39.6 Å². The van der Waals surface area contributed by atoms with Gasteiger partial charge >= 0.3 is 0 Å². The van der Waals surface area contributed by atoms with Crippen LogP contribution < -0.4 is 0 Å². The highest BCUT2D eigenvalue weighted by atomic mass is 19.1. The summed E-state index contributed by atoms with van der Waals surface area (Å²) in [5.41, 5.74) is -3.53. The average molecular weight is 242 g/mol. The van der Waals surface area contributed by atoms with Crippen LogP contribution in [0.5, 0.6) is 0 Å². The van der Waals surface area contributed by atoms with Gasteiger partial charge in [-0.25, -0.2) is 8.78 Å². The van der Waals surface area contributed by atoms with E-state index in [4.69, 9.17) is 19.7 Å². The lowest BCUT2D eigenvalue weighted by Crippen LogP contribution is -2.32. The van der Waals surface area contributed by atoms with Crippen LogP contribution in [0.2, 0.25) is 0 Å². The lowest BCUT2D eigenvalue weighted by molar-refractivity contribution is -0.0496. The molecule has 0 saturated carbocycles. The summed E-state index contributed by atoms with van der Waals surface area (Å²) in [6.45, 7) is 0.972. The summed E-state index contributed by atoms with van der Waals surface area (Å²) in [6, 6.07) is 0. The molecule has 0 spiro atoms. The molecule has 2 N–H and O–H groups in total. The molecule has 0 bridgehead atoms.